The van der Waals surface area contributed by atoms with Crippen molar-refractivity contribution in [3.63, 3.8) is 0 Å². The molecule has 0 heterocycles. The van der Waals surface area contributed by atoms with Crippen LogP contribution < -0.4 is 5.19 Å². The van der Waals surface area contributed by atoms with E-state index in [1.165, 1.54) is 6.08 Å². The standard InChI is InChI=1S/C23H30O4Si/c1-6-26-23(27-7-2)17-11-9-8-10-14-19(24)18-21(25)20-15-12-13-16-22(20)28(3,4)5/h8-9,12-13,15-16,19,23-24H,6-7,18H2,1-5H3/b9-8-. The number of carbonyl (C=O) groups is 1. The van der Waals surface area contributed by atoms with Gasteiger partial charge in [-0.25, -0.2) is 0 Å². The summed E-state index contributed by atoms with van der Waals surface area (Å²) in [5.41, 5.74) is 0.696. The highest BCUT2D eigenvalue weighted by atomic mass is 28.3. The number of hydrogen-bond acceptors (Lipinski definition) is 4. The van der Waals surface area contributed by atoms with Crippen LogP contribution in [-0.4, -0.2) is 44.6 Å². The van der Waals surface area contributed by atoms with Gasteiger partial charge < -0.3 is 14.6 Å². The van der Waals surface area contributed by atoms with E-state index < -0.39 is 20.5 Å². The van der Waals surface area contributed by atoms with E-state index in [0.717, 1.165) is 5.19 Å². The lowest BCUT2D eigenvalue weighted by Crippen LogP contribution is -2.41. The van der Waals surface area contributed by atoms with E-state index in [9.17, 15) is 9.90 Å². The van der Waals surface area contributed by atoms with Crippen molar-refractivity contribution in [2.45, 2.75) is 52.3 Å². The zero-order valence-corrected chi connectivity index (χ0v) is 18.4. The lowest BCUT2D eigenvalue weighted by molar-refractivity contribution is -0.0969. The predicted octanol–water partition coefficient (Wildman–Crippen LogP) is 3.13. The second-order valence-corrected chi connectivity index (χ2v) is 12.1. The second-order valence-electron chi connectivity index (χ2n) is 7.09. The van der Waals surface area contributed by atoms with Crippen LogP contribution >= 0.6 is 0 Å². The van der Waals surface area contributed by atoms with Gasteiger partial charge in [0.1, 0.15) is 6.10 Å². The Hall–Kier alpha value is -2.15. The molecule has 1 atom stereocenters. The van der Waals surface area contributed by atoms with E-state index in [2.05, 4.69) is 43.3 Å². The Morgan fingerprint density at radius 2 is 1.64 bits per heavy atom. The average molecular weight is 399 g/mol. The van der Waals surface area contributed by atoms with Crippen molar-refractivity contribution in [2.24, 2.45) is 0 Å². The van der Waals surface area contributed by atoms with Gasteiger partial charge in [-0.15, -0.1) is 0 Å². The molecular formula is C23H30O4Si. The summed E-state index contributed by atoms with van der Waals surface area (Å²) in [5, 5.41) is 11.2. The minimum Gasteiger partial charge on any atom is -0.380 e. The first-order valence-electron chi connectivity index (χ1n) is 9.50. The highest BCUT2D eigenvalue weighted by molar-refractivity contribution is 6.89. The molecule has 0 spiro atoms. The quantitative estimate of drug-likeness (QED) is 0.316. The molecule has 1 unspecified atom stereocenters. The van der Waals surface area contributed by atoms with Gasteiger partial charge in [0.15, 0.2) is 5.78 Å². The zero-order chi connectivity index (χ0) is 21.0. The molecule has 28 heavy (non-hydrogen) atoms. The second kappa shape index (κ2) is 12.3. The van der Waals surface area contributed by atoms with Crippen LogP contribution in [0.2, 0.25) is 19.6 Å². The van der Waals surface area contributed by atoms with Crippen LogP contribution in [0, 0.1) is 23.7 Å². The molecule has 0 aliphatic rings. The molecule has 0 amide bonds. The molecule has 0 fully saturated rings. The average Bonchev–Trinajstić information content (AvgIpc) is 2.64. The van der Waals surface area contributed by atoms with Gasteiger partial charge in [0.05, 0.1) is 8.07 Å². The van der Waals surface area contributed by atoms with Gasteiger partial charge >= 0.3 is 0 Å². The van der Waals surface area contributed by atoms with Crippen molar-refractivity contribution in [1.29, 1.82) is 0 Å². The molecule has 1 aromatic carbocycles. The fourth-order valence-electron chi connectivity index (χ4n) is 2.49. The zero-order valence-electron chi connectivity index (χ0n) is 17.4. The molecule has 0 aromatic heterocycles. The maximum atomic E-state index is 12.6. The molecule has 0 aliphatic heterocycles. The van der Waals surface area contributed by atoms with Crippen LogP contribution in [0.25, 0.3) is 0 Å². The first-order chi connectivity index (χ1) is 13.3. The fraction of sp³-hybridized carbons (Fsp3) is 0.435. The maximum absolute atomic E-state index is 12.6. The summed E-state index contributed by atoms with van der Waals surface area (Å²) in [5.74, 6) is 10.9. The molecule has 0 saturated carbocycles. The summed E-state index contributed by atoms with van der Waals surface area (Å²) in [6, 6.07) is 7.65. The predicted molar refractivity (Wildman–Crippen MR) is 116 cm³/mol. The van der Waals surface area contributed by atoms with Gasteiger partial charge in [-0.05, 0) is 37.1 Å². The Labute approximate surface area is 170 Å². The molecule has 0 radical (unpaired) electrons. The number of carbonyl (C=O) groups excluding carboxylic acids is 1. The Morgan fingerprint density at radius 1 is 1.07 bits per heavy atom. The fourth-order valence-corrected chi connectivity index (χ4v) is 4.12. The largest absolute Gasteiger partial charge is 0.380 e. The number of hydrogen-bond donors (Lipinski definition) is 1. The number of benzene rings is 1. The summed E-state index contributed by atoms with van der Waals surface area (Å²) < 4.78 is 10.6. The first-order valence-corrected chi connectivity index (χ1v) is 13.0. The van der Waals surface area contributed by atoms with E-state index in [4.69, 9.17) is 9.47 Å². The summed E-state index contributed by atoms with van der Waals surface area (Å²) in [6.07, 6.45) is 1.51. The molecule has 1 aromatic rings. The molecule has 150 valence electrons. The molecular weight excluding hydrogens is 368 g/mol. The normalized spacial score (nSPS) is 12.2. The Bertz CT molecular complexity index is 779. The monoisotopic (exact) mass is 398 g/mol. The number of Topliss-reactive ketones (excluding diaryl/α,β-unsaturated/α-hetero) is 1. The van der Waals surface area contributed by atoms with Gasteiger partial charge in [0.2, 0.25) is 6.29 Å². The minimum absolute atomic E-state index is 0.0230. The van der Waals surface area contributed by atoms with Crippen molar-refractivity contribution >= 4 is 19.0 Å². The summed E-state index contributed by atoms with van der Waals surface area (Å²) in [7, 11) is -1.64. The van der Waals surface area contributed by atoms with E-state index in [0.29, 0.717) is 18.8 Å². The summed E-state index contributed by atoms with van der Waals surface area (Å²) in [6.45, 7) is 11.4. The van der Waals surface area contributed by atoms with Gasteiger partial charge in [0.25, 0.3) is 0 Å². The lowest BCUT2D eigenvalue weighted by Gasteiger charge is -2.20. The SMILES string of the molecule is CCOC(C#C/C=C\C#CC(O)CC(=O)c1ccccc1[Si](C)(C)C)OCC. The minimum atomic E-state index is -1.64. The molecule has 0 aliphatic carbocycles. The number of allylic oxidation sites excluding steroid dienone is 2. The Kier molecular flexibility index (Phi) is 10.5. The van der Waals surface area contributed by atoms with Crippen LogP contribution in [0.1, 0.15) is 30.6 Å². The van der Waals surface area contributed by atoms with E-state index in [1.54, 1.807) is 6.08 Å². The van der Waals surface area contributed by atoms with Gasteiger partial charge in [-0.2, -0.15) is 0 Å². The highest BCUT2D eigenvalue weighted by Gasteiger charge is 2.23. The van der Waals surface area contributed by atoms with Crippen LogP contribution in [0.15, 0.2) is 36.4 Å². The van der Waals surface area contributed by atoms with Crippen molar-refractivity contribution in [3.8, 4) is 23.7 Å². The van der Waals surface area contributed by atoms with Crippen LogP contribution in [0.5, 0.6) is 0 Å². The molecule has 4 nitrogen and oxygen atoms in total. The summed E-state index contributed by atoms with van der Waals surface area (Å²) >= 11 is 0. The number of ether oxygens (including phenoxy) is 2. The van der Waals surface area contributed by atoms with Crippen LogP contribution in [0.3, 0.4) is 0 Å². The topological polar surface area (TPSA) is 55.8 Å². The number of rotatable bonds is 8. The Balaban J connectivity index is 2.68. The number of aliphatic hydroxyl groups is 1. The lowest BCUT2D eigenvalue weighted by atomic mass is 10.1. The van der Waals surface area contributed by atoms with Crippen molar-refractivity contribution in [2.75, 3.05) is 13.2 Å². The third kappa shape index (κ3) is 8.69. The molecule has 0 bridgehead atoms. The highest BCUT2D eigenvalue weighted by Crippen LogP contribution is 2.10. The van der Waals surface area contributed by atoms with E-state index in [-0.39, 0.29) is 12.2 Å². The van der Waals surface area contributed by atoms with Crippen molar-refractivity contribution < 1.29 is 19.4 Å². The maximum Gasteiger partial charge on any atom is 0.222 e. The molecule has 1 N–H and O–H groups in total. The molecule has 5 heteroatoms. The number of aliphatic hydroxyl groups excluding tert-OH is 1. The smallest absolute Gasteiger partial charge is 0.222 e. The molecule has 0 saturated heterocycles. The third-order valence-electron chi connectivity index (χ3n) is 3.75. The van der Waals surface area contributed by atoms with Crippen molar-refractivity contribution in [3.05, 3.63) is 42.0 Å². The van der Waals surface area contributed by atoms with Gasteiger partial charge in [-0.3, -0.25) is 4.79 Å². The van der Waals surface area contributed by atoms with E-state index >= 15 is 0 Å². The van der Waals surface area contributed by atoms with Gasteiger partial charge in [0, 0.05) is 25.2 Å². The van der Waals surface area contributed by atoms with Crippen molar-refractivity contribution in [1.82, 2.24) is 0 Å². The van der Waals surface area contributed by atoms with Gasteiger partial charge in [-0.1, -0.05) is 61.7 Å². The molecule has 1 rings (SSSR count). The Morgan fingerprint density at radius 3 is 2.21 bits per heavy atom. The van der Waals surface area contributed by atoms with Crippen LogP contribution in [-0.2, 0) is 9.47 Å². The number of ketones is 1. The summed E-state index contributed by atoms with van der Waals surface area (Å²) in [4.78, 5) is 12.6. The third-order valence-corrected chi connectivity index (χ3v) is 5.80. The van der Waals surface area contributed by atoms with E-state index in [1.807, 2.05) is 38.1 Å². The van der Waals surface area contributed by atoms with Crippen LogP contribution in [0.4, 0.5) is 0 Å². The first kappa shape index (κ1) is 23.9.